The van der Waals surface area contributed by atoms with E-state index in [0.717, 1.165) is 12.0 Å². The Balaban J connectivity index is 2.11. The van der Waals surface area contributed by atoms with Crippen LogP contribution < -0.4 is 11.1 Å². The molecule has 20 heavy (non-hydrogen) atoms. The molecule has 3 nitrogen and oxygen atoms in total. The number of anilines is 1. The summed E-state index contributed by atoms with van der Waals surface area (Å²) in [6.45, 7) is 2.57. The standard InChI is InChI=1S/C16H17ClN2O/c1-2-11-5-3-4-6-12(11)10-19-16(20)14-9-13(17)7-8-15(14)18/h3-9H,2,10,18H2,1H3,(H,19,20). The summed E-state index contributed by atoms with van der Waals surface area (Å²) in [6.07, 6.45) is 0.936. The molecule has 2 aromatic carbocycles. The summed E-state index contributed by atoms with van der Waals surface area (Å²) in [6, 6.07) is 12.9. The Hall–Kier alpha value is -2.00. The highest BCUT2D eigenvalue weighted by molar-refractivity contribution is 6.31. The van der Waals surface area contributed by atoms with Crippen molar-refractivity contribution >= 4 is 23.2 Å². The van der Waals surface area contributed by atoms with E-state index in [0.29, 0.717) is 22.8 Å². The van der Waals surface area contributed by atoms with Crippen LogP contribution in [0.1, 0.15) is 28.4 Å². The number of carbonyl (C=O) groups is 1. The van der Waals surface area contributed by atoms with Crippen molar-refractivity contribution in [3.8, 4) is 0 Å². The predicted octanol–water partition coefficient (Wildman–Crippen LogP) is 3.41. The second-order valence-corrected chi connectivity index (χ2v) is 4.97. The third-order valence-corrected chi connectivity index (χ3v) is 3.43. The number of nitrogens with one attached hydrogen (secondary N) is 1. The summed E-state index contributed by atoms with van der Waals surface area (Å²) in [5.74, 6) is -0.212. The lowest BCUT2D eigenvalue weighted by atomic mass is 10.1. The van der Waals surface area contributed by atoms with Crippen molar-refractivity contribution in [2.75, 3.05) is 5.73 Å². The second kappa shape index (κ2) is 6.44. The number of hydrogen-bond donors (Lipinski definition) is 2. The van der Waals surface area contributed by atoms with Crippen LogP contribution in [0, 0.1) is 0 Å². The largest absolute Gasteiger partial charge is 0.398 e. The fourth-order valence-corrected chi connectivity index (χ4v) is 2.24. The van der Waals surface area contributed by atoms with Gasteiger partial charge < -0.3 is 11.1 Å². The molecule has 0 heterocycles. The van der Waals surface area contributed by atoms with Gasteiger partial charge in [0.25, 0.3) is 5.91 Å². The van der Waals surface area contributed by atoms with E-state index in [2.05, 4.69) is 18.3 Å². The third-order valence-electron chi connectivity index (χ3n) is 3.20. The third kappa shape index (κ3) is 3.31. The number of nitrogens with two attached hydrogens (primary N) is 1. The predicted molar refractivity (Wildman–Crippen MR) is 82.9 cm³/mol. The van der Waals surface area contributed by atoms with E-state index in [1.165, 1.54) is 5.56 Å². The summed E-state index contributed by atoms with van der Waals surface area (Å²) in [5, 5.41) is 3.38. The Morgan fingerprint density at radius 2 is 1.90 bits per heavy atom. The Morgan fingerprint density at radius 1 is 1.20 bits per heavy atom. The molecule has 2 aromatic rings. The molecule has 0 aliphatic rings. The molecule has 0 aromatic heterocycles. The molecule has 0 saturated carbocycles. The van der Waals surface area contributed by atoms with Crippen LogP contribution in [0.25, 0.3) is 0 Å². The van der Waals surface area contributed by atoms with Gasteiger partial charge in [-0.15, -0.1) is 0 Å². The highest BCUT2D eigenvalue weighted by atomic mass is 35.5. The van der Waals surface area contributed by atoms with Gasteiger partial charge in [-0.1, -0.05) is 42.8 Å². The number of carbonyl (C=O) groups excluding carboxylic acids is 1. The van der Waals surface area contributed by atoms with Crippen molar-refractivity contribution in [2.45, 2.75) is 19.9 Å². The molecule has 4 heteroatoms. The minimum absolute atomic E-state index is 0.212. The summed E-state index contributed by atoms with van der Waals surface area (Å²) < 4.78 is 0. The summed E-state index contributed by atoms with van der Waals surface area (Å²) in [5.41, 5.74) is 8.97. The van der Waals surface area contributed by atoms with Gasteiger partial charge in [-0.3, -0.25) is 4.79 Å². The molecular formula is C16H17ClN2O. The first-order chi connectivity index (χ1) is 9.61. The fourth-order valence-electron chi connectivity index (χ4n) is 2.07. The number of hydrogen-bond acceptors (Lipinski definition) is 2. The van der Waals surface area contributed by atoms with Gasteiger partial charge >= 0.3 is 0 Å². The molecule has 0 fully saturated rings. The Morgan fingerprint density at radius 3 is 2.60 bits per heavy atom. The molecule has 0 spiro atoms. The van der Waals surface area contributed by atoms with Crippen LogP contribution in [0.5, 0.6) is 0 Å². The van der Waals surface area contributed by atoms with Gasteiger partial charge in [0.2, 0.25) is 0 Å². The fraction of sp³-hybridized carbons (Fsp3) is 0.188. The lowest BCUT2D eigenvalue weighted by Crippen LogP contribution is -2.24. The maximum absolute atomic E-state index is 12.1. The minimum Gasteiger partial charge on any atom is -0.398 e. The van der Waals surface area contributed by atoms with Crippen molar-refractivity contribution < 1.29 is 4.79 Å². The molecule has 1 amide bonds. The van der Waals surface area contributed by atoms with Gasteiger partial charge in [0.1, 0.15) is 0 Å². The molecule has 0 atom stereocenters. The summed E-state index contributed by atoms with van der Waals surface area (Å²) in [4.78, 5) is 12.1. The molecule has 0 unspecified atom stereocenters. The first kappa shape index (κ1) is 14.4. The van der Waals surface area contributed by atoms with E-state index in [-0.39, 0.29) is 5.91 Å². The Labute approximate surface area is 123 Å². The molecule has 0 radical (unpaired) electrons. The van der Waals surface area contributed by atoms with E-state index in [1.807, 2.05) is 18.2 Å². The van der Waals surface area contributed by atoms with Gasteiger partial charge in [-0.05, 0) is 35.7 Å². The van der Waals surface area contributed by atoms with Crippen molar-refractivity contribution in [1.29, 1.82) is 0 Å². The van der Waals surface area contributed by atoms with Crippen molar-refractivity contribution in [2.24, 2.45) is 0 Å². The van der Waals surface area contributed by atoms with Crippen LogP contribution in [-0.4, -0.2) is 5.91 Å². The highest BCUT2D eigenvalue weighted by Gasteiger charge is 2.10. The van der Waals surface area contributed by atoms with Gasteiger partial charge in [-0.25, -0.2) is 0 Å². The average molecular weight is 289 g/mol. The zero-order chi connectivity index (χ0) is 14.5. The van der Waals surface area contributed by atoms with E-state index >= 15 is 0 Å². The number of amides is 1. The highest BCUT2D eigenvalue weighted by Crippen LogP contribution is 2.18. The van der Waals surface area contributed by atoms with Crippen molar-refractivity contribution in [3.63, 3.8) is 0 Å². The second-order valence-electron chi connectivity index (χ2n) is 4.54. The number of aryl methyl sites for hydroxylation is 1. The van der Waals surface area contributed by atoms with Crippen LogP contribution >= 0.6 is 11.6 Å². The van der Waals surface area contributed by atoms with Crippen LogP contribution in [0.3, 0.4) is 0 Å². The zero-order valence-corrected chi connectivity index (χ0v) is 12.1. The Kier molecular flexibility index (Phi) is 4.64. The average Bonchev–Trinajstić information content (AvgIpc) is 2.47. The van der Waals surface area contributed by atoms with E-state index in [4.69, 9.17) is 17.3 Å². The molecule has 0 aliphatic heterocycles. The molecule has 0 aliphatic carbocycles. The number of halogens is 1. The van der Waals surface area contributed by atoms with Gasteiger partial charge in [0.05, 0.1) is 5.56 Å². The van der Waals surface area contributed by atoms with Crippen LogP contribution in [0.4, 0.5) is 5.69 Å². The normalized spacial score (nSPS) is 10.3. The smallest absolute Gasteiger partial charge is 0.253 e. The van der Waals surface area contributed by atoms with Crippen LogP contribution in [-0.2, 0) is 13.0 Å². The van der Waals surface area contributed by atoms with Crippen molar-refractivity contribution in [3.05, 3.63) is 64.2 Å². The van der Waals surface area contributed by atoms with Gasteiger partial charge in [-0.2, -0.15) is 0 Å². The molecular weight excluding hydrogens is 272 g/mol. The van der Waals surface area contributed by atoms with Crippen molar-refractivity contribution in [1.82, 2.24) is 5.32 Å². The molecule has 0 bridgehead atoms. The quantitative estimate of drug-likeness (QED) is 0.847. The topological polar surface area (TPSA) is 55.1 Å². The van der Waals surface area contributed by atoms with Gasteiger partial charge in [0.15, 0.2) is 0 Å². The first-order valence-electron chi connectivity index (χ1n) is 6.51. The summed E-state index contributed by atoms with van der Waals surface area (Å²) >= 11 is 5.89. The SMILES string of the molecule is CCc1ccccc1CNC(=O)c1cc(Cl)ccc1N. The van der Waals surface area contributed by atoms with E-state index in [1.54, 1.807) is 18.2 Å². The molecule has 2 rings (SSSR count). The van der Waals surface area contributed by atoms with E-state index in [9.17, 15) is 4.79 Å². The van der Waals surface area contributed by atoms with E-state index < -0.39 is 0 Å². The maximum atomic E-state index is 12.1. The first-order valence-corrected chi connectivity index (χ1v) is 6.89. The van der Waals surface area contributed by atoms with Crippen LogP contribution in [0.2, 0.25) is 5.02 Å². The Bertz CT molecular complexity index is 626. The molecule has 3 N–H and O–H groups in total. The molecule has 0 saturated heterocycles. The number of nitrogen functional groups attached to an aromatic ring is 1. The minimum atomic E-state index is -0.212. The maximum Gasteiger partial charge on any atom is 0.253 e. The number of benzene rings is 2. The molecule has 104 valence electrons. The van der Waals surface area contributed by atoms with Gasteiger partial charge in [0, 0.05) is 17.3 Å². The monoisotopic (exact) mass is 288 g/mol. The lowest BCUT2D eigenvalue weighted by Gasteiger charge is -2.10. The lowest BCUT2D eigenvalue weighted by molar-refractivity contribution is 0.0951. The number of rotatable bonds is 4. The zero-order valence-electron chi connectivity index (χ0n) is 11.3. The van der Waals surface area contributed by atoms with Crippen LogP contribution in [0.15, 0.2) is 42.5 Å². The summed E-state index contributed by atoms with van der Waals surface area (Å²) in [7, 11) is 0.